The van der Waals surface area contributed by atoms with Crippen molar-refractivity contribution in [1.29, 1.82) is 0 Å². The van der Waals surface area contributed by atoms with Gasteiger partial charge in [-0.2, -0.15) is 0 Å². The number of ketones is 1. The molecule has 0 bridgehead atoms. The van der Waals surface area contributed by atoms with E-state index in [0.717, 1.165) is 25.9 Å². The maximum Gasteiger partial charge on any atom is 0.347 e. The van der Waals surface area contributed by atoms with Crippen LogP contribution in [0.4, 0.5) is 0 Å². The number of carboxylic acid groups (broad SMARTS) is 1. The molecular weight excluding hydrogens is 402 g/mol. The maximum absolute atomic E-state index is 12.6. The van der Waals surface area contributed by atoms with E-state index in [2.05, 4.69) is 11.8 Å². The van der Waals surface area contributed by atoms with Crippen molar-refractivity contribution in [1.82, 2.24) is 4.90 Å². The molecule has 5 nitrogen and oxygen atoms in total. The van der Waals surface area contributed by atoms with Crippen molar-refractivity contribution in [2.24, 2.45) is 0 Å². The number of benzene rings is 2. The van der Waals surface area contributed by atoms with Gasteiger partial charge in [0, 0.05) is 28.6 Å². The molecule has 1 aliphatic rings. The van der Waals surface area contributed by atoms with E-state index in [1.807, 2.05) is 0 Å². The van der Waals surface area contributed by atoms with Gasteiger partial charge in [-0.1, -0.05) is 18.0 Å². The quantitative estimate of drug-likeness (QED) is 0.594. The maximum atomic E-state index is 12.6. The topological polar surface area (TPSA) is 66.8 Å². The molecule has 1 saturated heterocycles. The molecule has 2 atom stereocenters. The Morgan fingerprint density at radius 2 is 1.57 bits per heavy atom. The summed E-state index contributed by atoms with van der Waals surface area (Å²) in [5.74, 6) is -0.691. The molecule has 3 rings (SSSR count). The first kappa shape index (κ1) is 22.3. The summed E-state index contributed by atoms with van der Waals surface area (Å²) in [5, 5.41) is 10.4. The van der Waals surface area contributed by atoms with Crippen LogP contribution in [0.1, 0.15) is 55.5 Å². The van der Waals surface area contributed by atoms with Gasteiger partial charge in [0.2, 0.25) is 5.60 Å². The third-order valence-corrected chi connectivity index (χ3v) is 5.97. The van der Waals surface area contributed by atoms with Crippen LogP contribution in [0.3, 0.4) is 0 Å². The Morgan fingerprint density at radius 1 is 1.03 bits per heavy atom. The van der Waals surface area contributed by atoms with Crippen LogP contribution in [0.25, 0.3) is 0 Å². The van der Waals surface area contributed by atoms with Gasteiger partial charge in [0.05, 0.1) is 0 Å². The molecule has 2 unspecified atom stereocenters. The largest absolute Gasteiger partial charge is 0.478 e. The minimum Gasteiger partial charge on any atom is -0.478 e. The molecule has 1 heterocycles. The van der Waals surface area contributed by atoms with Gasteiger partial charge in [0.25, 0.3) is 0 Å². The molecule has 0 radical (unpaired) electrons. The summed E-state index contributed by atoms with van der Waals surface area (Å²) in [5.41, 5.74) is -0.305. The number of rotatable bonds is 8. The fraction of sp³-hybridized carbons (Fsp3) is 0.417. The molecule has 30 heavy (non-hydrogen) atoms. The van der Waals surface area contributed by atoms with Crippen LogP contribution in [-0.2, 0) is 4.79 Å². The average Bonchev–Trinajstić information content (AvgIpc) is 2.75. The van der Waals surface area contributed by atoms with Crippen LogP contribution in [0.15, 0.2) is 48.5 Å². The third kappa shape index (κ3) is 5.41. The van der Waals surface area contributed by atoms with Crippen LogP contribution < -0.4 is 4.74 Å². The van der Waals surface area contributed by atoms with Gasteiger partial charge in [0.1, 0.15) is 5.75 Å². The highest BCUT2D eigenvalue weighted by atomic mass is 35.5. The molecule has 1 aliphatic heterocycles. The molecule has 1 N–H and O–H groups in total. The lowest BCUT2D eigenvalue weighted by Gasteiger charge is -2.36. The zero-order valence-corrected chi connectivity index (χ0v) is 18.2. The summed E-state index contributed by atoms with van der Waals surface area (Å²) in [7, 11) is 0. The Labute approximate surface area is 182 Å². The number of halogens is 1. The molecule has 1 fully saturated rings. The van der Waals surface area contributed by atoms with Gasteiger partial charge >= 0.3 is 5.97 Å². The van der Waals surface area contributed by atoms with E-state index in [1.165, 1.54) is 6.42 Å². The molecule has 160 valence electrons. The first-order valence-corrected chi connectivity index (χ1v) is 10.7. The Kier molecular flexibility index (Phi) is 7.16. The third-order valence-electron chi connectivity index (χ3n) is 5.72. The number of nitrogens with zero attached hydrogens (tertiary/aromatic N) is 1. The van der Waals surface area contributed by atoms with Crippen molar-refractivity contribution in [2.75, 3.05) is 13.1 Å². The average molecular weight is 430 g/mol. The first-order valence-electron chi connectivity index (χ1n) is 10.4. The van der Waals surface area contributed by atoms with Crippen molar-refractivity contribution in [3.63, 3.8) is 0 Å². The van der Waals surface area contributed by atoms with Crippen LogP contribution in [0.2, 0.25) is 5.02 Å². The van der Waals surface area contributed by atoms with Crippen LogP contribution in [-0.4, -0.2) is 46.5 Å². The van der Waals surface area contributed by atoms with Gasteiger partial charge in [-0.3, -0.25) is 4.79 Å². The fourth-order valence-corrected chi connectivity index (χ4v) is 4.05. The second kappa shape index (κ2) is 9.63. The second-order valence-electron chi connectivity index (χ2n) is 8.15. The SMILES string of the molecule is CC(CC(C)(Oc1ccc(C(=O)c2ccc(Cl)cc2)cc1)C(=O)O)N1CCCCC1. The Bertz CT molecular complexity index is 875. The lowest BCUT2D eigenvalue weighted by Crippen LogP contribution is -2.48. The zero-order chi connectivity index (χ0) is 21.7. The highest BCUT2D eigenvalue weighted by Gasteiger charge is 2.38. The highest BCUT2D eigenvalue weighted by molar-refractivity contribution is 6.30. The summed E-state index contributed by atoms with van der Waals surface area (Å²) in [6.07, 6.45) is 3.92. The van der Waals surface area contributed by atoms with Crippen molar-refractivity contribution in [3.8, 4) is 5.75 Å². The number of carboxylic acids is 1. The van der Waals surface area contributed by atoms with E-state index < -0.39 is 11.6 Å². The summed E-state index contributed by atoms with van der Waals surface area (Å²) in [6.45, 7) is 5.67. The number of hydrogen-bond donors (Lipinski definition) is 1. The van der Waals surface area contributed by atoms with Gasteiger partial charge in [-0.05, 0) is 88.3 Å². The summed E-state index contributed by atoms with van der Waals surface area (Å²) in [6, 6.07) is 13.4. The predicted octanol–water partition coefficient (Wildman–Crippen LogP) is 5.06. The van der Waals surface area contributed by atoms with Crippen molar-refractivity contribution >= 4 is 23.4 Å². The summed E-state index contributed by atoms with van der Waals surface area (Å²) >= 11 is 5.88. The predicted molar refractivity (Wildman–Crippen MR) is 117 cm³/mol. The van der Waals surface area contributed by atoms with E-state index in [4.69, 9.17) is 16.3 Å². The molecule has 0 spiro atoms. The van der Waals surface area contributed by atoms with Gasteiger partial charge in [-0.25, -0.2) is 4.79 Å². The number of carbonyl (C=O) groups is 2. The van der Waals surface area contributed by atoms with Crippen molar-refractivity contribution < 1.29 is 19.4 Å². The summed E-state index contributed by atoms with van der Waals surface area (Å²) < 4.78 is 5.93. The van der Waals surface area contributed by atoms with Gasteiger partial charge in [0.15, 0.2) is 5.78 Å². The number of likely N-dealkylation sites (tertiary alicyclic amines) is 1. The summed E-state index contributed by atoms with van der Waals surface area (Å²) in [4.78, 5) is 27.0. The lowest BCUT2D eigenvalue weighted by molar-refractivity contribution is -0.155. The van der Waals surface area contributed by atoms with Gasteiger partial charge < -0.3 is 14.7 Å². The first-order chi connectivity index (χ1) is 14.3. The minimum absolute atomic E-state index is 0.108. The lowest BCUT2D eigenvalue weighted by atomic mass is 9.95. The number of piperidine rings is 1. The number of hydrogen-bond acceptors (Lipinski definition) is 4. The van der Waals surface area contributed by atoms with Gasteiger partial charge in [-0.15, -0.1) is 0 Å². The number of aliphatic carboxylic acids is 1. The Balaban J connectivity index is 1.70. The van der Waals surface area contributed by atoms with E-state index in [-0.39, 0.29) is 11.8 Å². The van der Waals surface area contributed by atoms with Crippen LogP contribution in [0, 0.1) is 0 Å². The smallest absolute Gasteiger partial charge is 0.347 e. The monoisotopic (exact) mass is 429 g/mol. The number of carbonyl (C=O) groups excluding carboxylic acids is 1. The minimum atomic E-state index is -1.35. The molecule has 0 saturated carbocycles. The Morgan fingerprint density at radius 3 is 2.10 bits per heavy atom. The van der Waals surface area contributed by atoms with E-state index in [9.17, 15) is 14.7 Å². The highest BCUT2D eigenvalue weighted by Crippen LogP contribution is 2.27. The Hall–Kier alpha value is -2.37. The normalized spacial score (nSPS) is 17.7. The zero-order valence-electron chi connectivity index (χ0n) is 17.4. The fourth-order valence-electron chi connectivity index (χ4n) is 3.93. The molecule has 6 heteroatoms. The molecule has 2 aromatic carbocycles. The number of ether oxygens (including phenoxy) is 1. The van der Waals surface area contributed by atoms with E-state index in [1.54, 1.807) is 55.5 Å². The van der Waals surface area contributed by atoms with Crippen molar-refractivity contribution in [2.45, 2.75) is 51.2 Å². The molecule has 0 aromatic heterocycles. The second-order valence-corrected chi connectivity index (χ2v) is 8.58. The van der Waals surface area contributed by atoms with E-state index in [0.29, 0.717) is 28.3 Å². The van der Waals surface area contributed by atoms with Crippen LogP contribution in [0.5, 0.6) is 5.75 Å². The van der Waals surface area contributed by atoms with Crippen molar-refractivity contribution in [3.05, 3.63) is 64.7 Å². The molecule has 0 aliphatic carbocycles. The molecule has 0 amide bonds. The molecular formula is C24H28ClNO4. The molecule has 2 aromatic rings. The van der Waals surface area contributed by atoms with E-state index >= 15 is 0 Å². The standard InChI is InChI=1S/C24H28ClNO4/c1-17(26-14-4-3-5-15-26)16-24(2,23(28)29)30-21-12-8-19(9-13-21)22(27)18-6-10-20(25)11-7-18/h6-13,17H,3-5,14-16H2,1-2H3,(H,28,29). The van der Waals surface area contributed by atoms with Crippen LogP contribution >= 0.6 is 11.6 Å².